The van der Waals surface area contributed by atoms with Gasteiger partial charge in [0.15, 0.2) is 5.82 Å². The maximum atomic E-state index is 6.43. The minimum absolute atomic E-state index is 0.144. The van der Waals surface area contributed by atoms with Crippen molar-refractivity contribution in [3.63, 3.8) is 0 Å². The summed E-state index contributed by atoms with van der Waals surface area (Å²) in [6.07, 6.45) is 11.4. The Kier molecular flexibility index (Phi) is 6.00. The maximum Gasteiger partial charge on any atom is 0.162 e. The molecular weight excluding hydrogens is 422 g/mol. The third-order valence-electron chi connectivity index (χ3n) is 5.20. The fourth-order valence-corrected chi connectivity index (χ4v) is 5.33. The summed E-state index contributed by atoms with van der Waals surface area (Å²) in [5, 5.41) is 5.56. The van der Waals surface area contributed by atoms with E-state index in [0.29, 0.717) is 5.82 Å². The van der Waals surface area contributed by atoms with Crippen molar-refractivity contribution in [2.45, 2.75) is 44.6 Å². The number of pyridine rings is 1. The van der Waals surface area contributed by atoms with Crippen molar-refractivity contribution in [1.29, 1.82) is 0 Å². The van der Waals surface area contributed by atoms with Gasteiger partial charge >= 0.3 is 0 Å². The van der Waals surface area contributed by atoms with Crippen molar-refractivity contribution in [1.82, 2.24) is 15.0 Å². The molecule has 1 fully saturated rings. The zero-order chi connectivity index (χ0) is 18.6. The molecule has 27 heavy (non-hydrogen) atoms. The number of halogens is 1. The molecule has 4 rings (SSSR count). The smallest absolute Gasteiger partial charge is 0.162 e. The first-order valence-electron chi connectivity index (χ1n) is 9.55. The molecule has 0 aromatic carbocycles. The largest absolute Gasteiger partial charge is 0.367 e. The van der Waals surface area contributed by atoms with Crippen LogP contribution in [0.15, 0.2) is 34.4 Å². The Hall–Kier alpha value is -1.57. The molecule has 0 bridgehead atoms. The molecule has 1 atom stereocenters. The fraction of sp³-hybridized carbons (Fsp3) is 0.450. The van der Waals surface area contributed by atoms with E-state index in [1.165, 1.54) is 32.1 Å². The van der Waals surface area contributed by atoms with Crippen LogP contribution in [0.1, 0.15) is 38.5 Å². The summed E-state index contributed by atoms with van der Waals surface area (Å²) in [4.78, 5) is 13.6. The van der Waals surface area contributed by atoms with Gasteiger partial charge in [-0.3, -0.25) is 4.98 Å². The molecule has 142 valence electrons. The molecule has 3 heterocycles. The first-order valence-corrected chi connectivity index (χ1v) is 11.2. The minimum Gasteiger partial charge on any atom is -0.367 e. The zero-order valence-corrected chi connectivity index (χ0v) is 17.6. The van der Waals surface area contributed by atoms with E-state index < -0.39 is 0 Å². The Bertz CT molecular complexity index is 892. The number of aromatic nitrogens is 3. The van der Waals surface area contributed by atoms with Gasteiger partial charge in [0, 0.05) is 35.9 Å². The number of nitrogens with one attached hydrogen (secondary N) is 1. The third-order valence-corrected chi connectivity index (χ3v) is 7.09. The van der Waals surface area contributed by atoms with E-state index in [0.717, 1.165) is 45.0 Å². The topological polar surface area (TPSA) is 76.7 Å². The number of fused-ring (bicyclic) bond motifs is 1. The highest BCUT2D eigenvalue weighted by atomic mass is 79.9. The van der Waals surface area contributed by atoms with E-state index in [4.69, 9.17) is 15.7 Å². The van der Waals surface area contributed by atoms with Crippen molar-refractivity contribution in [3.05, 3.63) is 34.4 Å². The van der Waals surface area contributed by atoms with Crippen LogP contribution in [0, 0.1) is 5.92 Å². The van der Waals surface area contributed by atoms with Gasteiger partial charge in [0.1, 0.15) is 11.3 Å². The second-order valence-corrected chi connectivity index (χ2v) is 9.01. The molecule has 0 radical (unpaired) electrons. The fourth-order valence-electron chi connectivity index (χ4n) is 3.80. The van der Waals surface area contributed by atoms with Gasteiger partial charge in [-0.2, -0.15) is 0 Å². The monoisotopic (exact) mass is 445 g/mol. The number of rotatable bonds is 6. The Morgan fingerprint density at radius 2 is 1.96 bits per heavy atom. The van der Waals surface area contributed by atoms with Gasteiger partial charge in [0.05, 0.1) is 9.17 Å². The lowest BCUT2D eigenvalue weighted by Gasteiger charge is -2.24. The van der Waals surface area contributed by atoms with Crippen LogP contribution in [0.2, 0.25) is 0 Å². The molecule has 1 aliphatic carbocycles. The molecule has 0 spiro atoms. The number of hydrogen-bond acceptors (Lipinski definition) is 6. The number of thiophene rings is 1. The first kappa shape index (κ1) is 18.8. The summed E-state index contributed by atoms with van der Waals surface area (Å²) in [5.41, 5.74) is 8.32. The lowest BCUT2D eigenvalue weighted by molar-refractivity contribution is 0.320. The predicted octanol–water partition coefficient (Wildman–Crippen LogP) is 5.23. The van der Waals surface area contributed by atoms with Crippen LogP contribution in [-0.4, -0.2) is 27.5 Å². The minimum atomic E-state index is 0.144. The molecule has 3 N–H and O–H groups in total. The molecule has 0 saturated heterocycles. The Morgan fingerprint density at radius 1 is 1.19 bits per heavy atom. The van der Waals surface area contributed by atoms with Gasteiger partial charge in [-0.05, 0) is 40.4 Å². The number of hydrogen-bond donors (Lipinski definition) is 2. The zero-order valence-electron chi connectivity index (χ0n) is 15.2. The summed E-state index contributed by atoms with van der Waals surface area (Å²) in [6.45, 7) is 0.730. The summed E-state index contributed by atoms with van der Waals surface area (Å²) in [5.74, 6) is 2.35. The highest BCUT2D eigenvalue weighted by Crippen LogP contribution is 2.35. The second kappa shape index (κ2) is 8.63. The Labute approximate surface area is 172 Å². The van der Waals surface area contributed by atoms with E-state index in [-0.39, 0.29) is 6.04 Å². The van der Waals surface area contributed by atoms with Gasteiger partial charge in [0.25, 0.3) is 0 Å². The van der Waals surface area contributed by atoms with Crippen molar-refractivity contribution in [2.24, 2.45) is 11.7 Å². The van der Waals surface area contributed by atoms with E-state index >= 15 is 0 Å². The van der Waals surface area contributed by atoms with Crippen LogP contribution in [0.3, 0.4) is 0 Å². The molecule has 3 aromatic heterocycles. The molecule has 3 aromatic rings. The highest BCUT2D eigenvalue weighted by Gasteiger charge is 2.18. The Morgan fingerprint density at radius 3 is 2.74 bits per heavy atom. The standard InChI is InChI=1S/C20H24BrN5S/c21-16-12-27-18-17(16)25-19(14-6-8-23-9-7-14)26-20(18)24-11-15(22)10-13-4-2-1-3-5-13/h6-9,12-13,15H,1-5,10-11,22H2,(H,24,25,26)/t15-/m1/s1. The SMILES string of the molecule is N[C@@H](CNc1nc(-c2ccncc2)nc2c(Br)csc12)CC1CCCCC1. The molecule has 1 saturated carbocycles. The van der Waals surface area contributed by atoms with Crippen LogP contribution in [-0.2, 0) is 0 Å². The summed E-state index contributed by atoms with van der Waals surface area (Å²) < 4.78 is 2.05. The average molecular weight is 446 g/mol. The van der Waals surface area contributed by atoms with Gasteiger partial charge in [-0.1, -0.05) is 32.1 Å². The lowest BCUT2D eigenvalue weighted by Crippen LogP contribution is -2.32. The van der Waals surface area contributed by atoms with Gasteiger partial charge < -0.3 is 11.1 Å². The molecule has 0 amide bonds. The third kappa shape index (κ3) is 4.47. The molecule has 0 aliphatic heterocycles. The van der Waals surface area contributed by atoms with Crippen molar-refractivity contribution in [2.75, 3.05) is 11.9 Å². The lowest BCUT2D eigenvalue weighted by atomic mass is 9.85. The van der Waals surface area contributed by atoms with Gasteiger partial charge in [-0.25, -0.2) is 9.97 Å². The predicted molar refractivity (Wildman–Crippen MR) is 116 cm³/mol. The molecule has 5 nitrogen and oxygen atoms in total. The highest BCUT2D eigenvalue weighted by molar-refractivity contribution is 9.10. The molecule has 1 aliphatic rings. The van der Waals surface area contributed by atoms with Crippen LogP contribution in [0.4, 0.5) is 5.82 Å². The van der Waals surface area contributed by atoms with E-state index in [1.807, 2.05) is 12.1 Å². The summed E-state index contributed by atoms with van der Waals surface area (Å²) in [7, 11) is 0. The average Bonchev–Trinajstić information content (AvgIpc) is 3.08. The van der Waals surface area contributed by atoms with Crippen LogP contribution in [0.25, 0.3) is 21.6 Å². The van der Waals surface area contributed by atoms with E-state index in [9.17, 15) is 0 Å². The van der Waals surface area contributed by atoms with Crippen molar-refractivity contribution < 1.29 is 0 Å². The van der Waals surface area contributed by atoms with Crippen molar-refractivity contribution >= 4 is 43.3 Å². The van der Waals surface area contributed by atoms with Crippen LogP contribution >= 0.6 is 27.3 Å². The van der Waals surface area contributed by atoms with Gasteiger partial charge in [0.2, 0.25) is 0 Å². The van der Waals surface area contributed by atoms with Crippen molar-refractivity contribution in [3.8, 4) is 11.4 Å². The Balaban J connectivity index is 1.53. The quantitative estimate of drug-likeness (QED) is 0.543. The number of anilines is 1. The van der Waals surface area contributed by atoms with E-state index in [2.05, 4.69) is 31.6 Å². The molecule has 0 unspecified atom stereocenters. The maximum absolute atomic E-state index is 6.43. The number of nitrogens with two attached hydrogens (primary N) is 1. The van der Waals surface area contributed by atoms with Crippen LogP contribution < -0.4 is 11.1 Å². The molecular formula is C20H24BrN5S. The normalized spacial score (nSPS) is 16.5. The number of nitrogens with zero attached hydrogens (tertiary/aromatic N) is 3. The van der Waals surface area contributed by atoms with Crippen LogP contribution in [0.5, 0.6) is 0 Å². The second-order valence-electron chi connectivity index (χ2n) is 7.27. The first-order chi connectivity index (χ1) is 13.2. The molecule has 7 heteroatoms. The van der Waals surface area contributed by atoms with E-state index in [1.54, 1.807) is 23.7 Å². The van der Waals surface area contributed by atoms with Gasteiger partial charge in [-0.15, -0.1) is 11.3 Å². The summed E-state index contributed by atoms with van der Waals surface area (Å²) in [6, 6.07) is 4.01. The summed E-state index contributed by atoms with van der Waals surface area (Å²) >= 11 is 5.25.